The summed E-state index contributed by atoms with van der Waals surface area (Å²) in [6, 6.07) is 6.75. The lowest BCUT2D eigenvalue weighted by atomic mass is 10.2. The average Bonchev–Trinajstić information content (AvgIpc) is 2.58. The van der Waals surface area contributed by atoms with Crippen LogP contribution in [0.5, 0.6) is 0 Å². The summed E-state index contributed by atoms with van der Waals surface area (Å²) < 4.78 is 0. The second-order valence-corrected chi connectivity index (χ2v) is 5.26. The summed E-state index contributed by atoms with van der Waals surface area (Å²) in [6.07, 6.45) is 0. The first-order valence-corrected chi connectivity index (χ1v) is 6.26. The van der Waals surface area contributed by atoms with Gasteiger partial charge in [-0.25, -0.2) is 4.98 Å². The standard InChI is InChI=1S/C12H11ClN2OS/c1-7-8(2)17-12(14-7)15-11(16)9-3-5-10(13)6-4-9/h3-6H,1-2H3,(H,14,15,16). The number of anilines is 1. The maximum absolute atomic E-state index is 11.9. The van der Waals surface area contributed by atoms with E-state index in [1.165, 1.54) is 11.3 Å². The van der Waals surface area contributed by atoms with Crippen molar-refractivity contribution in [3.05, 3.63) is 45.4 Å². The van der Waals surface area contributed by atoms with Crippen molar-refractivity contribution in [2.24, 2.45) is 0 Å². The maximum Gasteiger partial charge on any atom is 0.257 e. The Morgan fingerprint density at radius 2 is 1.94 bits per heavy atom. The number of carbonyl (C=O) groups excluding carboxylic acids is 1. The van der Waals surface area contributed by atoms with Gasteiger partial charge < -0.3 is 0 Å². The third-order valence-electron chi connectivity index (χ3n) is 2.36. The molecule has 0 saturated carbocycles. The zero-order valence-electron chi connectivity index (χ0n) is 9.45. The molecule has 5 heteroatoms. The summed E-state index contributed by atoms with van der Waals surface area (Å²) in [7, 11) is 0. The van der Waals surface area contributed by atoms with Gasteiger partial charge in [0, 0.05) is 15.5 Å². The first kappa shape index (κ1) is 12.1. The number of nitrogens with zero attached hydrogens (tertiary/aromatic N) is 1. The van der Waals surface area contributed by atoms with Crippen LogP contribution in [0, 0.1) is 13.8 Å². The van der Waals surface area contributed by atoms with E-state index in [4.69, 9.17) is 11.6 Å². The van der Waals surface area contributed by atoms with Crippen molar-refractivity contribution < 1.29 is 4.79 Å². The lowest BCUT2D eigenvalue weighted by molar-refractivity contribution is 0.102. The topological polar surface area (TPSA) is 42.0 Å². The van der Waals surface area contributed by atoms with E-state index in [1.807, 2.05) is 13.8 Å². The van der Waals surface area contributed by atoms with Crippen molar-refractivity contribution in [3.8, 4) is 0 Å². The Kier molecular flexibility index (Phi) is 3.45. The molecule has 0 bridgehead atoms. The third-order valence-corrected chi connectivity index (χ3v) is 3.60. The van der Waals surface area contributed by atoms with E-state index in [0.717, 1.165) is 10.6 Å². The van der Waals surface area contributed by atoms with Crippen molar-refractivity contribution in [1.82, 2.24) is 4.98 Å². The Balaban J connectivity index is 2.14. The van der Waals surface area contributed by atoms with Gasteiger partial charge in [-0.3, -0.25) is 10.1 Å². The number of rotatable bonds is 2. The lowest BCUT2D eigenvalue weighted by Crippen LogP contribution is -2.11. The Bertz CT molecular complexity index is 529. The monoisotopic (exact) mass is 266 g/mol. The first-order chi connectivity index (χ1) is 8.06. The molecule has 0 saturated heterocycles. The average molecular weight is 267 g/mol. The van der Waals surface area contributed by atoms with Crippen LogP contribution in [0.25, 0.3) is 0 Å². The second kappa shape index (κ2) is 4.85. The molecular weight excluding hydrogens is 256 g/mol. The molecule has 0 aliphatic rings. The van der Waals surface area contributed by atoms with Crippen LogP contribution in [0.15, 0.2) is 24.3 Å². The van der Waals surface area contributed by atoms with E-state index in [1.54, 1.807) is 24.3 Å². The van der Waals surface area contributed by atoms with Gasteiger partial charge >= 0.3 is 0 Å². The molecular formula is C12H11ClN2OS. The predicted octanol–water partition coefficient (Wildman–Crippen LogP) is 3.67. The number of benzene rings is 1. The van der Waals surface area contributed by atoms with Gasteiger partial charge in [0.05, 0.1) is 5.69 Å². The van der Waals surface area contributed by atoms with Gasteiger partial charge in [-0.05, 0) is 38.1 Å². The molecule has 2 aromatic rings. The molecule has 0 spiro atoms. The number of halogens is 1. The molecule has 0 radical (unpaired) electrons. The molecule has 1 aromatic carbocycles. The zero-order valence-corrected chi connectivity index (χ0v) is 11.0. The highest BCUT2D eigenvalue weighted by Gasteiger charge is 2.09. The van der Waals surface area contributed by atoms with Crippen LogP contribution >= 0.6 is 22.9 Å². The largest absolute Gasteiger partial charge is 0.298 e. The molecule has 1 amide bonds. The van der Waals surface area contributed by atoms with Gasteiger partial charge in [0.15, 0.2) is 5.13 Å². The maximum atomic E-state index is 11.9. The molecule has 0 fully saturated rings. The number of hydrogen-bond donors (Lipinski definition) is 1. The third kappa shape index (κ3) is 2.84. The van der Waals surface area contributed by atoms with E-state index in [0.29, 0.717) is 15.7 Å². The summed E-state index contributed by atoms with van der Waals surface area (Å²) in [5.41, 5.74) is 1.52. The minimum absolute atomic E-state index is 0.171. The minimum Gasteiger partial charge on any atom is -0.298 e. The predicted molar refractivity (Wildman–Crippen MR) is 71.0 cm³/mol. The van der Waals surface area contributed by atoms with Gasteiger partial charge in [0.2, 0.25) is 0 Å². The first-order valence-electron chi connectivity index (χ1n) is 5.07. The summed E-state index contributed by atoms with van der Waals surface area (Å²) in [5.74, 6) is -0.171. The van der Waals surface area contributed by atoms with Crippen LogP contribution in [-0.4, -0.2) is 10.9 Å². The second-order valence-electron chi connectivity index (χ2n) is 3.62. The SMILES string of the molecule is Cc1nc(NC(=O)c2ccc(Cl)cc2)sc1C. The van der Waals surface area contributed by atoms with Crippen molar-refractivity contribution >= 4 is 34.0 Å². The van der Waals surface area contributed by atoms with Crippen molar-refractivity contribution in [2.45, 2.75) is 13.8 Å². The van der Waals surface area contributed by atoms with Gasteiger partial charge in [0.25, 0.3) is 5.91 Å². The molecule has 1 heterocycles. The van der Waals surface area contributed by atoms with Gasteiger partial charge in [-0.2, -0.15) is 0 Å². The van der Waals surface area contributed by atoms with E-state index >= 15 is 0 Å². The molecule has 2 rings (SSSR count). The summed E-state index contributed by atoms with van der Waals surface area (Å²) in [6.45, 7) is 3.90. The molecule has 1 aromatic heterocycles. The van der Waals surface area contributed by atoms with Crippen LogP contribution in [0.4, 0.5) is 5.13 Å². The fraction of sp³-hybridized carbons (Fsp3) is 0.167. The zero-order chi connectivity index (χ0) is 12.4. The fourth-order valence-corrected chi connectivity index (χ4v) is 2.23. The number of aromatic nitrogens is 1. The molecule has 17 heavy (non-hydrogen) atoms. The molecule has 0 aliphatic carbocycles. The number of carbonyl (C=O) groups is 1. The van der Waals surface area contributed by atoms with Crippen LogP contribution in [-0.2, 0) is 0 Å². The molecule has 88 valence electrons. The van der Waals surface area contributed by atoms with Crippen molar-refractivity contribution in [1.29, 1.82) is 0 Å². The normalized spacial score (nSPS) is 10.3. The Morgan fingerprint density at radius 1 is 1.29 bits per heavy atom. The molecule has 1 N–H and O–H groups in total. The molecule has 0 aliphatic heterocycles. The lowest BCUT2D eigenvalue weighted by Gasteiger charge is -2.01. The number of hydrogen-bond acceptors (Lipinski definition) is 3. The highest BCUT2D eigenvalue weighted by atomic mass is 35.5. The van der Waals surface area contributed by atoms with Crippen molar-refractivity contribution in [3.63, 3.8) is 0 Å². The van der Waals surface area contributed by atoms with Crippen LogP contribution in [0.1, 0.15) is 20.9 Å². The van der Waals surface area contributed by atoms with Gasteiger partial charge in [-0.1, -0.05) is 11.6 Å². The highest BCUT2D eigenvalue weighted by molar-refractivity contribution is 7.15. The summed E-state index contributed by atoms with van der Waals surface area (Å²) >= 11 is 7.23. The van der Waals surface area contributed by atoms with Crippen LogP contribution < -0.4 is 5.32 Å². The minimum atomic E-state index is -0.171. The number of thiazole rings is 1. The quantitative estimate of drug-likeness (QED) is 0.901. The van der Waals surface area contributed by atoms with E-state index in [-0.39, 0.29) is 5.91 Å². The van der Waals surface area contributed by atoms with Crippen LogP contribution in [0.3, 0.4) is 0 Å². The molecule has 3 nitrogen and oxygen atoms in total. The van der Waals surface area contributed by atoms with Crippen LogP contribution in [0.2, 0.25) is 5.02 Å². The number of amides is 1. The number of aryl methyl sites for hydroxylation is 2. The Hall–Kier alpha value is -1.39. The van der Waals surface area contributed by atoms with Gasteiger partial charge in [0.1, 0.15) is 0 Å². The highest BCUT2D eigenvalue weighted by Crippen LogP contribution is 2.21. The fourth-order valence-electron chi connectivity index (χ4n) is 1.30. The van der Waals surface area contributed by atoms with E-state index in [2.05, 4.69) is 10.3 Å². The molecule has 0 unspecified atom stereocenters. The number of nitrogens with one attached hydrogen (secondary N) is 1. The van der Waals surface area contributed by atoms with Crippen molar-refractivity contribution in [2.75, 3.05) is 5.32 Å². The van der Waals surface area contributed by atoms with E-state index in [9.17, 15) is 4.79 Å². The summed E-state index contributed by atoms with van der Waals surface area (Å²) in [5, 5.41) is 4.00. The summed E-state index contributed by atoms with van der Waals surface area (Å²) in [4.78, 5) is 17.2. The molecule has 0 atom stereocenters. The Labute approximate surface area is 108 Å². The van der Waals surface area contributed by atoms with Gasteiger partial charge in [-0.15, -0.1) is 11.3 Å². The Morgan fingerprint density at radius 3 is 2.47 bits per heavy atom. The van der Waals surface area contributed by atoms with E-state index < -0.39 is 0 Å². The smallest absolute Gasteiger partial charge is 0.257 e.